The summed E-state index contributed by atoms with van der Waals surface area (Å²) in [6.07, 6.45) is 3.20. The number of hydrazone groups is 1. The van der Waals surface area contributed by atoms with Gasteiger partial charge in [-0.1, -0.05) is 46.8 Å². The minimum atomic E-state index is -0.414. The molecule has 0 saturated heterocycles. The first-order valence-corrected chi connectivity index (χ1v) is 8.32. The molecule has 3 rings (SSSR count). The van der Waals surface area contributed by atoms with Gasteiger partial charge >= 0.3 is 5.91 Å². The number of fused-ring (bicyclic) bond motifs is 1. The van der Waals surface area contributed by atoms with E-state index < -0.39 is 5.91 Å². The van der Waals surface area contributed by atoms with Crippen molar-refractivity contribution in [2.75, 3.05) is 6.61 Å². The summed E-state index contributed by atoms with van der Waals surface area (Å²) in [7, 11) is 0. The Morgan fingerprint density at radius 1 is 1.28 bits per heavy atom. The minimum Gasteiger partial charge on any atom is -0.490 e. The third-order valence-electron chi connectivity index (χ3n) is 3.35. The first-order chi connectivity index (χ1) is 12.2. The SMILES string of the molecule is C=CCOc1ccc(Br)c(/C=N/NC(=O)c2cc3ccccc3o2)c1. The van der Waals surface area contributed by atoms with Gasteiger partial charge in [0.1, 0.15) is 17.9 Å². The van der Waals surface area contributed by atoms with E-state index in [-0.39, 0.29) is 5.76 Å². The van der Waals surface area contributed by atoms with Crippen molar-refractivity contribution < 1.29 is 13.9 Å². The topological polar surface area (TPSA) is 63.8 Å². The molecule has 0 unspecified atom stereocenters. The molecule has 0 spiro atoms. The highest BCUT2D eigenvalue weighted by atomic mass is 79.9. The Balaban J connectivity index is 1.69. The van der Waals surface area contributed by atoms with Gasteiger partial charge in [0.25, 0.3) is 0 Å². The Labute approximate surface area is 153 Å². The maximum absolute atomic E-state index is 12.1. The average molecular weight is 399 g/mol. The van der Waals surface area contributed by atoms with Crippen molar-refractivity contribution in [2.45, 2.75) is 0 Å². The molecule has 1 aromatic heterocycles. The summed E-state index contributed by atoms with van der Waals surface area (Å²) >= 11 is 3.44. The second kappa shape index (κ2) is 7.81. The van der Waals surface area contributed by atoms with Crippen molar-refractivity contribution in [1.29, 1.82) is 0 Å². The number of ether oxygens (including phenoxy) is 1. The number of nitrogens with zero attached hydrogens (tertiary/aromatic N) is 1. The monoisotopic (exact) mass is 398 g/mol. The van der Waals surface area contributed by atoms with Gasteiger partial charge in [-0.15, -0.1) is 0 Å². The zero-order chi connectivity index (χ0) is 17.6. The van der Waals surface area contributed by atoms with Crippen LogP contribution in [-0.4, -0.2) is 18.7 Å². The van der Waals surface area contributed by atoms with Gasteiger partial charge in [0.05, 0.1) is 6.21 Å². The van der Waals surface area contributed by atoms with Crippen molar-refractivity contribution in [3.05, 3.63) is 77.0 Å². The lowest BCUT2D eigenvalue weighted by Gasteiger charge is -2.05. The molecule has 2 aromatic carbocycles. The van der Waals surface area contributed by atoms with Crippen LogP contribution in [0.1, 0.15) is 16.1 Å². The Morgan fingerprint density at radius 2 is 2.12 bits per heavy atom. The first-order valence-electron chi connectivity index (χ1n) is 7.52. The molecule has 0 aliphatic carbocycles. The molecule has 1 N–H and O–H groups in total. The van der Waals surface area contributed by atoms with E-state index in [4.69, 9.17) is 9.15 Å². The fourth-order valence-electron chi connectivity index (χ4n) is 2.18. The molecule has 0 radical (unpaired) electrons. The zero-order valence-electron chi connectivity index (χ0n) is 13.2. The van der Waals surface area contributed by atoms with E-state index in [1.807, 2.05) is 36.4 Å². The summed E-state index contributed by atoms with van der Waals surface area (Å²) < 4.78 is 11.8. The smallest absolute Gasteiger partial charge is 0.307 e. The van der Waals surface area contributed by atoms with Gasteiger partial charge in [-0.2, -0.15) is 5.10 Å². The van der Waals surface area contributed by atoms with Crippen LogP contribution in [0, 0.1) is 0 Å². The standard InChI is InChI=1S/C19H15BrN2O3/c1-2-9-24-15-7-8-16(20)14(10-15)12-21-22-19(23)18-11-13-5-3-4-6-17(13)25-18/h2-8,10-12H,1,9H2,(H,22,23)/b21-12+. The van der Waals surface area contributed by atoms with E-state index in [9.17, 15) is 4.79 Å². The molecular weight excluding hydrogens is 384 g/mol. The van der Waals surface area contributed by atoms with Gasteiger partial charge in [0.15, 0.2) is 5.76 Å². The maximum atomic E-state index is 12.1. The molecule has 0 aliphatic rings. The van der Waals surface area contributed by atoms with E-state index in [1.54, 1.807) is 18.2 Å². The maximum Gasteiger partial charge on any atom is 0.307 e. The van der Waals surface area contributed by atoms with Crippen LogP contribution in [0.5, 0.6) is 5.75 Å². The van der Waals surface area contributed by atoms with E-state index in [0.717, 1.165) is 15.4 Å². The number of carbonyl (C=O) groups is 1. The second-order valence-electron chi connectivity index (χ2n) is 5.13. The average Bonchev–Trinajstić information content (AvgIpc) is 3.06. The summed E-state index contributed by atoms with van der Waals surface area (Å²) in [6.45, 7) is 4.03. The van der Waals surface area contributed by atoms with Crippen molar-refractivity contribution in [2.24, 2.45) is 5.10 Å². The lowest BCUT2D eigenvalue weighted by Crippen LogP contribution is -2.16. The lowest BCUT2D eigenvalue weighted by molar-refractivity contribution is 0.0929. The van der Waals surface area contributed by atoms with E-state index in [0.29, 0.717) is 17.9 Å². The van der Waals surface area contributed by atoms with Crippen LogP contribution in [-0.2, 0) is 0 Å². The molecule has 0 bridgehead atoms. The Kier molecular flexibility index (Phi) is 5.30. The summed E-state index contributed by atoms with van der Waals surface area (Å²) in [6, 6.07) is 14.6. The molecule has 6 heteroatoms. The van der Waals surface area contributed by atoms with Gasteiger partial charge in [0, 0.05) is 15.4 Å². The first kappa shape index (κ1) is 17.0. The number of halogens is 1. The number of hydrogen-bond acceptors (Lipinski definition) is 4. The quantitative estimate of drug-likeness (QED) is 0.377. The molecule has 5 nitrogen and oxygen atoms in total. The van der Waals surface area contributed by atoms with Crippen molar-refractivity contribution >= 4 is 39.0 Å². The number of para-hydroxylation sites is 1. The normalized spacial score (nSPS) is 10.9. The predicted molar refractivity (Wildman–Crippen MR) is 101 cm³/mol. The molecular formula is C19H15BrN2O3. The molecule has 3 aromatic rings. The van der Waals surface area contributed by atoms with Crippen LogP contribution < -0.4 is 10.2 Å². The number of hydrogen-bond donors (Lipinski definition) is 1. The molecule has 0 saturated carbocycles. The van der Waals surface area contributed by atoms with Crippen molar-refractivity contribution in [3.63, 3.8) is 0 Å². The van der Waals surface area contributed by atoms with Crippen molar-refractivity contribution in [1.82, 2.24) is 5.43 Å². The van der Waals surface area contributed by atoms with E-state index in [1.165, 1.54) is 6.21 Å². The zero-order valence-corrected chi connectivity index (χ0v) is 14.8. The second-order valence-corrected chi connectivity index (χ2v) is 5.98. The Morgan fingerprint density at radius 3 is 2.92 bits per heavy atom. The van der Waals surface area contributed by atoms with Gasteiger partial charge in [-0.05, 0) is 30.3 Å². The number of rotatable bonds is 6. The fourth-order valence-corrected chi connectivity index (χ4v) is 2.52. The summed E-state index contributed by atoms with van der Waals surface area (Å²) in [5.74, 6) is 0.483. The van der Waals surface area contributed by atoms with Crippen LogP contribution in [0.2, 0.25) is 0 Å². The van der Waals surface area contributed by atoms with Gasteiger partial charge in [-0.3, -0.25) is 4.79 Å². The molecule has 0 fully saturated rings. The lowest BCUT2D eigenvalue weighted by atomic mass is 10.2. The van der Waals surface area contributed by atoms with Crippen LogP contribution in [0.25, 0.3) is 11.0 Å². The van der Waals surface area contributed by atoms with Crippen LogP contribution in [0.4, 0.5) is 0 Å². The van der Waals surface area contributed by atoms with Crippen LogP contribution in [0.15, 0.2) is 75.2 Å². The minimum absolute atomic E-state index is 0.209. The Hall–Kier alpha value is -2.86. The highest BCUT2D eigenvalue weighted by molar-refractivity contribution is 9.10. The van der Waals surface area contributed by atoms with Gasteiger partial charge in [-0.25, -0.2) is 5.43 Å². The third kappa shape index (κ3) is 4.16. The highest BCUT2D eigenvalue weighted by Crippen LogP contribution is 2.21. The number of nitrogens with one attached hydrogen (secondary N) is 1. The largest absolute Gasteiger partial charge is 0.490 e. The molecule has 126 valence electrons. The Bertz CT molecular complexity index is 914. The van der Waals surface area contributed by atoms with Gasteiger partial charge < -0.3 is 9.15 Å². The molecule has 0 atom stereocenters. The highest BCUT2D eigenvalue weighted by Gasteiger charge is 2.11. The van der Waals surface area contributed by atoms with E-state index in [2.05, 4.69) is 33.0 Å². The van der Waals surface area contributed by atoms with Crippen molar-refractivity contribution in [3.8, 4) is 5.75 Å². The molecule has 25 heavy (non-hydrogen) atoms. The molecule has 1 amide bonds. The van der Waals surface area contributed by atoms with Crippen LogP contribution in [0.3, 0.4) is 0 Å². The van der Waals surface area contributed by atoms with Gasteiger partial charge in [0.2, 0.25) is 0 Å². The number of benzene rings is 2. The van der Waals surface area contributed by atoms with Crippen LogP contribution >= 0.6 is 15.9 Å². The van der Waals surface area contributed by atoms with E-state index >= 15 is 0 Å². The number of amides is 1. The molecule has 1 heterocycles. The fraction of sp³-hybridized carbons (Fsp3) is 0.0526. The number of carbonyl (C=O) groups excluding carboxylic acids is 1. The third-order valence-corrected chi connectivity index (χ3v) is 4.08. The summed E-state index contributed by atoms with van der Waals surface area (Å²) in [5, 5.41) is 4.85. The number of furan rings is 1. The summed E-state index contributed by atoms with van der Waals surface area (Å²) in [4.78, 5) is 12.1. The predicted octanol–water partition coefficient (Wildman–Crippen LogP) is 4.52. The molecule has 0 aliphatic heterocycles. The summed E-state index contributed by atoms with van der Waals surface area (Å²) in [5.41, 5.74) is 3.89.